The molecule has 0 spiro atoms. The van der Waals surface area contributed by atoms with E-state index in [0.29, 0.717) is 13.2 Å². The molecule has 0 amide bonds. The zero-order valence-electron chi connectivity index (χ0n) is 12.8. The van der Waals surface area contributed by atoms with Crippen LogP contribution in [-0.2, 0) is 25.6 Å². The minimum atomic E-state index is -0.771. The molecule has 2 rings (SSSR count). The van der Waals surface area contributed by atoms with Gasteiger partial charge >= 0.3 is 0 Å². The van der Waals surface area contributed by atoms with Gasteiger partial charge in [-0.3, -0.25) is 0 Å². The second-order valence-corrected chi connectivity index (χ2v) is 5.27. The summed E-state index contributed by atoms with van der Waals surface area (Å²) in [5, 5.41) is 10.3. The standard InChI is InChI=1S/C16H24O5/c1-11-15(18-2)16(19-3)14(17)13(21-11)10-20-9-12-7-5-4-6-8-12/h4-8,11,13-17H,9-10H2,1-3H3/t11-,13?,14+,15?,16-/m0/s1. The van der Waals surface area contributed by atoms with Gasteiger partial charge in [0.15, 0.2) is 0 Å². The van der Waals surface area contributed by atoms with Crippen molar-refractivity contribution in [3.63, 3.8) is 0 Å². The van der Waals surface area contributed by atoms with Crippen molar-refractivity contribution in [2.75, 3.05) is 20.8 Å². The molecule has 1 aromatic carbocycles. The molecule has 1 aliphatic heterocycles. The molecule has 2 unspecified atom stereocenters. The van der Waals surface area contributed by atoms with Crippen molar-refractivity contribution in [3.05, 3.63) is 35.9 Å². The van der Waals surface area contributed by atoms with E-state index < -0.39 is 18.3 Å². The van der Waals surface area contributed by atoms with Gasteiger partial charge in [-0.25, -0.2) is 0 Å². The summed E-state index contributed by atoms with van der Waals surface area (Å²) < 4.78 is 22.2. The van der Waals surface area contributed by atoms with Crippen LogP contribution in [0.2, 0.25) is 0 Å². The molecule has 5 atom stereocenters. The van der Waals surface area contributed by atoms with E-state index in [1.807, 2.05) is 37.3 Å². The fourth-order valence-corrected chi connectivity index (χ4v) is 2.71. The molecule has 0 bridgehead atoms. The molecular weight excluding hydrogens is 272 g/mol. The Balaban J connectivity index is 1.88. The van der Waals surface area contributed by atoms with Crippen molar-refractivity contribution in [2.45, 2.75) is 44.1 Å². The van der Waals surface area contributed by atoms with E-state index >= 15 is 0 Å². The number of benzene rings is 1. The van der Waals surface area contributed by atoms with Crippen LogP contribution in [0.1, 0.15) is 12.5 Å². The molecule has 1 aromatic rings. The molecule has 1 N–H and O–H groups in total. The number of ether oxygens (including phenoxy) is 4. The highest BCUT2D eigenvalue weighted by molar-refractivity contribution is 5.13. The average Bonchev–Trinajstić information content (AvgIpc) is 2.51. The summed E-state index contributed by atoms with van der Waals surface area (Å²) in [5.74, 6) is 0. The van der Waals surface area contributed by atoms with Gasteiger partial charge in [-0.15, -0.1) is 0 Å². The largest absolute Gasteiger partial charge is 0.387 e. The molecule has 118 valence electrons. The van der Waals surface area contributed by atoms with Crippen LogP contribution in [0.5, 0.6) is 0 Å². The Labute approximate surface area is 125 Å². The summed E-state index contributed by atoms with van der Waals surface area (Å²) in [6.07, 6.45) is -2.04. The van der Waals surface area contributed by atoms with Gasteiger partial charge in [-0.2, -0.15) is 0 Å². The third-order valence-electron chi connectivity index (χ3n) is 3.83. The highest BCUT2D eigenvalue weighted by atomic mass is 16.6. The van der Waals surface area contributed by atoms with Gasteiger partial charge in [0.05, 0.1) is 19.3 Å². The number of methoxy groups -OCH3 is 2. The first-order chi connectivity index (χ1) is 10.2. The minimum absolute atomic E-state index is 0.159. The highest BCUT2D eigenvalue weighted by Crippen LogP contribution is 2.25. The van der Waals surface area contributed by atoms with Gasteiger partial charge in [0.25, 0.3) is 0 Å². The zero-order chi connectivity index (χ0) is 15.2. The van der Waals surface area contributed by atoms with Gasteiger partial charge in [0.2, 0.25) is 0 Å². The SMILES string of the molecule is COC1[C@H](C)OC(COCc2ccccc2)[C@@H](O)[C@@H]1OC. The fraction of sp³-hybridized carbons (Fsp3) is 0.625. The normalized spacial score (nSPS) is 33.0. The number of hydrogen-bond acceptors (Lipinski definition) is 5. The third-order valence-corrected chi connectivity index (χ3v) is 3.83. The Morgan fingerprint density at radius 2 is 1.76 bits per heavy atom. The molecule has 5 heteroatoms. The molecule has 21 heavy (non-hydrogen) atoms. The van der Waals surface area contributed by atoms with Crippen LogP contribution in [0.15, 0.2) is 30.3 Å². The fourth-order valence-electron chi connectivity index (χ4n) is 2.71. The van der Waals surface area contributed by atoms with Crippen molar-refractivity contribution in [1.29, 1.82) is 0 Å². The van der Waals surface area contributed by atoms with E-state index in [4.69, 9.17) is 18.9 Å². The maximum absolute atomic E-state index is 10.3. The smallest absolute Gasteiger partial charge is 0.114 e. The van der Waals surface area contributed by atoms with E-state index in [1.165, 1.54) is 0 Å². The van der Waals surface area contributed by atoms with Crippen LogP contribution >= 0.6 is 0 Å². The van der Waals surface area contributed by atoms with Gasteiger partial charge in [-0.1, -0.05) is 30.3 Å². The molecule has 0 aliphatic carbocycles. The molecule has 1 aliphatic rings. The molecule has 0 saturated carbocycles. The Morgan fingerprint density at radius 1 is 1.10 bits per heavy atom. The number of aliphatic hydroxyl groups is 1. The lowest BCUT2D eigenvalue weighted by atomic mass is 9.95. The van der Waals surface area contributed by atoms with Crippen LogP contribution in [0, 0.1) is 0 Å². The monoisotopic (exact) mass is 296 g/mol. The van der Waals surface area contributed by atoms with Crippen LogP contribution < -0.4 is 0 Å². The van der Waals surface area contributed by atoms with Crippen molar-refractivity contribution < 1.29 is 24.1 Å². The van der Waals surface area contributed by atoms with E-state index in [2.05, 4.69) is 0 Å². The summed E-state index contributed by atoms with van der Waals surface area (Å²) in [5.41, 5.74) is 1.09. The second-order valence-electron chi connectivity index (χ2n) is 5.27. The zero-order valence-corrected chi connectivity index (χ0v) is 12.8. The van der Waals surface area contributed by atoms with Crippen LogP contribution in [0.3, 0.4) is 0 Å². The maximum Gasteiger partial charge on any atom is 0.114 e. The lowest BCUT2D eigenvalue weighted by Gasteiger charge is -2.42. The predicted octanol–water partition coefficient (Wildman–Crippen LogP) is 1.38. The highest BCUT2D eigenvalue weighted by Gasteiger charge is 2.44. The first-order valence-corrected chi connectivity index (χ1v) is 7.18. The third kappa shape index (κ3) is 4.02. The lowest BCUT2D eigenvalue weighted by molar-refractivity contribution is -0.241. The molecule has 1 saturated heterocycles. The summed E-state index contributed by atoms with van der Waals surface area (Å²) in [4.78, 5) is 0. The summed E-state index contributed by atoms with van der Waals surface area (Å²) >= 11 is 0. The predicted molar refractivity (Wildman–Crippen MR) is 78.0 cm³/mol. The van der Waals surface area contributed by atoms with Crippen molar-refractivity contribution in [2.24, 2.45) is 0 Å². The maximum atomic E-state index is 10.3. The number of rotatable bonds is 6. The van der Waals surface area contributed by atoms with E-state index in [9.17, 15) is 5.11 Å². The Morgan fingerprint density at radius 3 is 2.38 bits per heavy atom. The van der Waals surface area contributed by atoms with E-state index in [-0.39, 0.29) is 12.2 Å². The van der Waals surface area contributed by atoms with Crippen molar-refractivity contribution in [3.8, 4) is 0 Å². The van der Waals surface area contributed by atoms with Crippen LogP contribution in [0.4, 0.5) is 0 Å². The first-order valence-electron chi connectivity index (χ1n) is 7.18. The molecule has 5 nitrogen and oxygen atoms in total. The Hall–Kier alpha value is -0.980. The summed E-state index contributed by atoms with van der Waals surface area (Å²) in [6, 6.07) is 9.90. The first kappa shape index (κ1) is 16.4. The van der Waals surface area contributed by atoms with Gasteiger partial charge in [0, 0.05) is 14.2 Å². The van der Waals surface area contributed by atoms with Crippen molar-refractivity contribution in [1.82, 2.24) is 0 Å². The van der Waals surface area contributed by atoms with E-state index in [1.54, 1.807) is 14.2 Å². The van der Waals surface area contributed by atoms with Gasteiger partial charge < -0.3 is 24.1 Å². The molecule has 0 aromatic heterocycles. The van der Waals surface area contributed by atoms with Crippen LogP contribution in [-0.4, -0.2) is 56.5 Å². The van der Waals surface area contributed by atoms with Gasteiger partial charge in [0.1, 0.15) is 24.4 Å². The van der Waals surface area contributed by atoms with E-state index in [0.717, 1.165) is 5.56 Å². The summed E-state index contributed by atoms with van der Waals surface area (Å²) in [6.45, 7) is 2.72. The van der Waals surface area contributed by atoms with Crippen LogP contribution in [0.25, 0.3) is 0 Å². The summed E-state index contributed by atoms with van der Waals surface area (Å²) in [7, 11) is 3.16. The molecule has 1 heterocycles. The Bertz CT molecular complexity index is 410. The number of aliphatic hydroxyl groups excluding tert-OH is 1. The molecule has 1 fully saturated rings. The van der Waals surface area contributed by atoms with Crippen molar-refractivity contribution >= 4 is 0 Å². The average molecular weight is 296 g/mol. The topological polar surface area (TPSA) is 57.2 Å². The Kier molecular flexibility index (Phi) is 6.14. The quantitative estimate of drug-likeness (QED) is 0.859. The second kappa shape index (κ2) is 7.87. The lowest BCUT2D eigenvalue weighted by Crippen LogP contribution is -2.59. The van der Waals surface area contributed by atoms with Gasteiger partial charge in [-0.05, 0) is 12.5 Å². The number of hydrogen-bond donors (Lipinski definition) is 1. The minimum Gasteiger partial charge on any atom is -0.387 e. The molecule has 0 radical (unpaired) electrons. The molecular formula is C16H24O5.